The molecule has 4 bridgehead atoms. The SMILES string of the molecule is C=CCSc1nnc(NC(=O)C23C[C@@H]4C[C@@H](CC(NC(C)=O)(C4)C2)C3)s1. The van der Waals surface area contributed by atoms with Gasteiger partial charge in [0.2, 0.25) is 16.9 Å². The van der Waals surface area contributed by atoms with Gasteiger partial charge in [-0.05, 0) is 50.4 Å². The van der Waals surface area contributed by atoms with Crippen molar-refractivity contribution < 1.29 is 9.59 Å². The van der Waals surface area contributed by atoms with E-state index in [0.29, 0.717) is 17.0 Å². The second-order valence-corrected chi connectivity index (χ2v) is 10.4. The maximum Gasteiger partial charge on any atom is 0.232 e. The van der Waals surface area contributed by atoms with E-state index in [4.69, 9.17) is 0 Å². The highest BCUT2D eigenvalue weighted by atomic mass is 32.2. The zero-order valence-corrected chi connectivity index (χ0v) is 16.5. The van der Waals surface area contributed by atoms with Gasteiger partial charge in [0.15, 0.2) is 4.34 Å². The lowest BCUT2D eigenvalue weighted by Crippen LogP contribution is -2.65. The molecule has 6 nitrogen and oxygen atoms in total. The molecule has 2 amide bonds. The number of thioether (sulfide) groups is 1. The van der Waals surface area contributed by atoms with E-state index >= 15 is 0 Å². The number of carbonyl (C=O) groups is 2. The predicted octanol–water partition coefficient (Wildman–Crippen LogP) is 3.23. The quantitative estimate of drug-likeness (QED) is 0.441. The first-order valence-corrected chi connectivity index (χ1v) is 10.9. The van der Waals surface area contributed by atoms with Crippen molar-refractivity contribution in [1.82, 2.24) is 15.5 Å². The van der Waals surface area contributed by atoms with Crippen molar-refractivity contribution >= 4 is 40.0 Å². The van der Waals surface area contributed by atoms with Crippen LogP contribution in [0.25, 0.3) is 0 Å². The van der Waals surface area contributed by atoms with Gasteiger partial charge in [-0.3, -0.25) is 9.59 Å². The monoisotopic (exact) mass is 392 g/mol. The molecule has 140 valence electrons. The van der Waals surface area contributed by atoms with Crippen LogP contribution in [0, 0.1) is 17.3 Å². The van der Waals surface area contributed by atoms with Crippen LogP contribution in [0.15, 0.2) is 17.0 Å². The van der Waals surface area contributed by atoms with Crippen LogP contribution in [-0.2, 0) is 9.59 Å². The molecule has 2 N–H and O–H groups in total. The van der Waals surface area contributed by atoms with Crippen LogP contribution in [0.5, 0.6) is 0 Å². The Bertz CT molecular complexity index is 733. The highest BCUT2D eigenvalue weighted by Crippen LogP contribution is 2.61. The molecule has 4 atom stereocenters. The Morgan fingerprint density at radius 1 is 1.31 bits per heavy atom. The van der Waals surface area contributed by atoms with Gasteiger partial charge in [-0.15, -0.1) is 16.8 Å². The van der Waals surface area contributed by atoms with Crippen molar-refractivity contribution in [3.63, 3.8) is 0 Å². The molecule has 2 unspecified atom stereocenters. The minimum Gasteiger partial charge on any atom is -0.351 e. The zero-order chi connectivity index (χ0) is 18.4. The van der Waals surface area contributed by atoms with Crippen LogP contribution >= 0.6 is 23.1 Å². The number of nitrogens with one attached hydrogen (secondary N) is 2. The minimum absolute atomic E-state index is 0.00974. The third-order valence-corrected chi connectivity index (χ3v) is 7.90. The van der Waals surface area contributed by atoms with E-state index in [1.54, 1.807) is 18.7 Å². The number of nitrogens with zero attached hydrogens (tertiary/aromatic N) is 2. The Labute approximate surface area is 161 Å². The summed E-state index contributed by atoms with van der Waals surface area (Å²) < 4.78 is 0.834. The molecule has 0 radical (unpaired) electrons. The summed E-state index contributed by atoms with van der Waals surface area (Å²) in [6.45, 7) is 5.28. The molecule has 1 heterocycles. The van der Waals surface area contributed by atoms with Crippen LogP contribution in [-0.4, -0.2) is 33.3 Å². The summed E-state index contributed by atoms with van der Waals surface area (Å²) in [4.78, 5) is 25.0. The number of hydrogen-bond acceptors (Lipinski definition) is 6. The number of aromatic nitrogens is 2. The molecule has 1 aromatic heterocycles. The lowest BCUT2D eigenvalue weighted by atomic mass is 9.46. The third kappa shape index (κ3) is 3.29. The number of hydrogen-bond donors (Lipinski definition) is 2. The summed E-state index contributed by atoms with van der Waals surface area (Å²) in [5, 5.41) is 15.0. The Balaban J connectivity index is 1.51. The second kappa shape index (κ2) is 6.64. The van der Waals surface area contributed by atoms with E-state index < -0.39 is 0 Å². The maximum absolute atomic E-state index is 13.2. The van der Waals surface area contributed by atoms with Crippen molar-refractivity contribution in [2.24, 2.45) is 17.3 Å². The molecular weight excluding hydrogens is 368 g/mol. The molecule has 0 aliphatic heterocycles. The number of amides is 2. The summed E-state index contributed by atoms with van der Waals surface area (Å²) in [5.74, 6) is 1.90. The largest absolute Gasteiger partial charge is 0.351 e. The van der Waals surface area contributed by atoms with Crippen molar-refractivity contribution in [2.75, 3.05) is 11.1 Å². The molecule has 4 saturated carbocycles. The number of carbonyl (C=O) groups excluding carboxylic acids is 2. The van der Waals surface area contributed by atoms with Crippen molar-refractivity contribution in [3.8, 4) is 0 Å². The van der Waals surface area contributed by atoms with Gasteiger partial charge in [-0.1, -0.05) is 29.2 Å². The highest BCUT2D eigenvalue weighted by molar-refractivity contribution is 8.01. The van der Waals surface area contributed by atoms with E-state index in [9.17, 15) is 9.59 Å². The molecule has 1 aromatic rings. The number of rotatable bonds is 6. The Morgan fingerprint density at radius 3 is 2.69 bits per heavy atom. The molecule has 0 aromatic carbocycles. The first kappa shape index (κ1) is 18.0. The average Bonchev–Trinajstić information content (AvgIpc) is 2.97. The predicted molar refractivity (Wildman–Crippen MR) is 103 cm³/mol. The fraction of sp³-hybridized carbons (Fsp3) is 0.667. The van der Waals surface area contributed by atoms with E-state index in [2.05, 4.69) is 27.4 Å². The molecule has 5 rings (SSSR count). The fourth-order valence-corrected chi connectivity index (χ4v) is 7.23. The van der Waals surface area contributed by atoms with Gasteiger partial charge < -0.3 is 10.6 Å². The van der Waals surface area contributed by atoms with Crippen molar-refractivity contribution in [3.05, 3.63) is 12.7 Å². The van der Waals surface area contributed by atoms with E-state index in [1.807, 2.05) is 6.08 Å². The minimum atomic E-state index is -0.382. The van der Waals surface area contributed by atoms with E-state index in [0.717, 1.165) is 42.2 Å². The van der Waals surface area contributed by atoms with Crippen LogP contribution in [0.4, 0.5) is 5.13 Å². The fourth-order valence-electron chi connectivity index (χ4n) is 5.73. The van der Waals surface area contributed by atoms with Crippen LogP contribution in [0.3, 0.4) is 0 Å². The highest BCUT2D eigenvalue weighted by Gasteiger charge is 2.60. The third-order valence-electron chi connectivity index (χ3n) is 5.94. The molecule has 4 aliphatic carbocycles. The normalized spacial score (nSPS) is 34.5. The lowest BCUT2D eigenvalue weighted by molar-refractivity contribution is -0.148. The standard InChI is InChI=1S/C18H24N4O2S2/c1-3-4-25-16-22-21-15(26-16)19-14(24)17-6-12-5-13(7-17)9-18(8-12,10-17)20-11(2)23/h3,12-13H,1,4-10H2,2H3,(H,20,23)(H,19,21,24)/t12-,13+,17?,18?. The van der Waals surface area contributed by atoms with E-state index in [-0.39, 0.29) is 22.8 Å². The molecule has 8 heteroatoms. The summed E-state index contributed by atoms with van der Waals surface area (Å²) in [7, 11) is 0. The summed E-state index contributed by atoms with van der Waals surface area (Å²) in [6, 6.07) is 0. The van der Waals surface area contributed by atoms with Crippen molar-refractivity contribution in [1.29, 1.82) is 0 Å². The molecular formula is C18H24N4O2S2. The van der Waals surface area contributed by atoms with Gasteiger partial charge in [0, 0.05) is 18.2 Å². The molecule has 4 fully saturated rings. The lowest BCUT2D eigenvalue weighted by Gasteiger charge is -2.61. The first-order valence-electron chi connectivity index (χ1n) is 9.09. The maximum atomic E-state index is 13.2. The van der Waals surface area contributed by atoms with Crippen LogP contribution in [0.1, 0.15) is 45.4 Å². The van der Waals surface area contributed by atoms with Crippen LogP contribution < -0.4 is 10.6 Å². The molecule has 26 heavy (non-hydrogen) atoms. The smallest absolute Gasteiger partial charge is 0.232 e. The Morgan fingerprint density at radius 2 is 2.04 bits per heavy atom. The average molecular weight is 393 g/mol. The topological polar surface area (TPSA) is 84.0 Å². The summed E-state index contributed by atoms with van der Waals surface area (Å²) in [5.41, 5.74) is -0.577. The van der Waals surface area contributed by atoms with Crippen molar-refractivity contribution in [2.45, 2.75) is 55.3 Å². The summed E-state index contributed by atoms with van der Waals surface area (Å²) >= 11 is 2.97. The zero-order valence-electron chi connectivity index (χ0n) is 14.9. The molecule has 0 spiro atoms. The second-order valence-electron chi connectivity index (χ2n) is 8.13. The van der Waals surface area contributed by atoms with Gasteiger partial charge in [0.05, 0.1) is 5.41 Å². The van der Waals surface area contributed by atoms with Gasteiger partial charge in [-0.2, -0.15) is 0 Å². The Kier molecular flexibility index (Phi) is 4.59. The first-order chi connectivity index (χ1) is 12.4. The Hall–Kier alpha value is -1.41. The number of anilines is 1. The van der Waals surface area contributed by atoms with Gasteiger partial charge >= 0.3 is 0 Å². The molecule has 4 aliphatic rings. The van der Waals surface area contributed by atoms with Crippen LogP contribution in [0.2, 0.25) is 0 Å². The summed E-state index contributed by atoms with van der Waals surface area (Å²) in [6.07, 6.45) is 7.63. The van der Waals surface area contributed by atoms with Gasteiger partial charge in [0.25, 0.3) is 0 Å². The van der Waals surface area contributed by atoms with Gasteiger partial charge in [-0.25, -0.2) is 0 Å². The van der Waals surface area contributed by atoms with Gasteiger partial charge in [0.1, 0.15) is 0 Å². The molecule has 0 saturated heterocycles. The van der Waals surface area contributed by atoms with E-state index in [1.165, 1.54) is 17.8 Å².